The van der Waals surface area contributed by atoms with Gasteiger partial charge in [0.15, 0.2) is 5.11 Å². The Balaban J connectivity index is 2.72. The van der Waals surface area contributed by atoms with Crippen molar-refractivity contribution < 1.29 is 8.78 Å². The number of hydrogen-bond donors (Lipinski definition) is 2. The summed E-state index contributed by atoms with van der Waals surface area (Å²) in [4.78, 5) is 0.714. The standard InChI is InChI=1S/C9H10F2N2S2/c10-8(11)5-15-7-4-2-1-3-6(7)13-9(12)14/h1-4,8H,5H2,(H3,12,13,14). The summed E-state index contributed by atoms with van der Waals surface area (Å²) in [6.45, 7) is 0. The number of benzene rings is 1. The first kappa shape index (κ1) is 12.2. The lowest BCUT2D eigenvalue weighted by molar-refractivity contribution is 0.177. The highest BCUT2D eigenvalue weighted by Crippen LogP contribution is 2.27. The van der Waals surface area contributed by atoms with Crippen LogP contribution in [0.15, 0.2) is 29.2 Å². The van der Waals surface area contributed by atoms with E-state index in [0.29, 0.717) is 10.6 Å². The molecule has 0 radical (unpaired) electrons. The van der Waals surface area contributed by atoms with Gasteiger partial charge in [-0.15, -0.1) is 11.8 Å². The van der Waals surface area contributed by atoms with Crippen LogP contribution in [0.1, 0.15) is 0 Å². The summed E-state index contributed by atoms with van der Waals surface area (Å²) in [6, 6.07) is 7.05. The van der Waals surface area contributed by atoms with Crippen molar-refractivity contribution in [1.29, 1.82) is 0 Å². The minimum atomic E-state index is -2.33. The highest BCUT2D eigenvalue weighted by Gasteiger charge is 2.07. The third-order valence-electron chi connectivity index (χ3n) is 1.51. The van der Waals surface area contributed by atoms with Crippen LogP contribution < -0.4 is 11.1 Å². The van der Waals surface area contributed by atoms with E-state index in [-0.39, 0.29) is 10.9 Å². The number of hydrogen-bond acceptors (Lipinski definition) is 2. The first-order valence-corrected chi connectivity index (χ1v) is 5.55. The van der Waals surface area contributed by atoms with Crippen LogP contribution in [0.25, 0.3) is 0 Å². The summed E-state index contributed by atoms with van der Waals surface area (Å²) in [7, 11) is 0. The highest BCUT2D eigenvalue weighted by atomic mass is 32.2. The topological polar surface area (TPSA) is 38.0 Å². The summed E-state index contributed by atoms with van der Waals surface area (Å²) in [5.41, 5.74) is 5.97. The zero-order chi connectivity index (χ0) is 11.3. The van der Waals surface area contributed by atoms with Gasteiger partial charge < -0.3 is 11.1 Å². The molecule has 1 rings (SSSR count). The number of thiocarbonyl (C=S) groups is 1. The molecule has 0 aliphatic carbocycles. The molecule has 0 atom stereocenters. The predicted molar refractivity (Wildman–Crippen MR) is 63.6 cm³/mol. The Morgan fingerprint density at radius 3 is 2.73 bits per heavy atom. The molecule has 0 bridgehead atoms. The van der Waals surface area contributed by atoms with Crippen LogP contribution in [0.5, 0.6) is 0 Å². The fraction of sp³-hybridized carbons (Fsp3) is 0.222. The van der Waals surface area contributed by atoms with E-state index < -0.39 is 6.43 Å². The summed E-state index contributed by atoms with van der Waals surface area (Å²) in [6.07, 6.45) is -2.33. The molecule has 2 nitrogen and oxygen atoms in total. The van der Waals surface area contributed by atoms with Gasteiger partial charge >= 0.3 is 0 Å². The molecular formula is C9H10F2N2S2. The first-order valence-electron chi connectivity index (χ1n) is 4.16. The SMILES string of the molecule is NC(=S)Nc1ccccc1SCC(F)F. The van der Waals surface area contributed by atoms with Crippen molar-refractivity contribution in [2.45, 2.75) is 11.3 Å². The van der Waals surface area contributed by atoms with Gasteiger partial charge in [-0.05, 0) is 24.4 Å². The Morgan fingerprint density at radius 2 is 2.13 bits per heavy atom. The number of rotatable bonds is 4. The molecule has 6 heteroatoms. The Hall–Kier alpha value is -0.880. The number of thioether (sulfide) groups is 1. The molecule has 3 N–H and O–H groups in total. The molecule has 0 saturated heterocycles. The van der Waals surface area contributed by atoms with E-state index in [4.69, 9.17) is 5.73 Å². The second kappa shape index (κ2) is 5.87. The summed E-state index contributed by atoms with van der Waals surface area (Å²) >= 11 is 5.75. The second-order valence-corrected chi connectivity index (χ2v) is 4.19. The van der Waals surface area contributed by atoms with Crippen LogP contribution >= 0.6 is 24.0 Å². The maximum atomic E-state index is 12.0. The largest absolute Gasteiger partial charge is 0.376 e. The van der Waals surface area contributed by atoms with E-state index in [1.807, 2.05) is 0 Å². The number of nitrogens with two attached hydrogens (primary N) is 1. The molecule has 0 amide bonds. The average Bonchev–Trinajstić information content (AvgIpc) is 2.15. The number of para-hydroxylation sites is 1. The molecule has 15 heavy (non-hydrogen) atoms. The summed E-state index contributed by atoms with van der Waals surface area (Å²) < 4.78 is 24.0. The molecule has 0 heterocycles. The molecule has 0 spiro atoms. The maximum absolute atomic E-state index is 12.0. The zero-order valence-corrected chi connectivity index (χ0v) is 9.38. The first-order chi connectivity index (χ1) is 7.09. The molecular weight excluding hydrogens is 238 g/mol. The van der Waals surface area contributed by atoms with Crippen LogP contribution in [0, 0.1) is 0 Å². The number of nitrogens with one attached hydrogen (secondary N) is 1. The minimum Gasteiger partial charge on any atom is -0.376 e. The molecule has 0 aromatic heterocycles. The van der Waals surface area contributed by atoms with Crippen molar-refractivity contribution in [3.63, 3.8) is 0 Å². The lowest BCUT2D eigenvalue weighted by Gasteiger charge is -2.09. The third kappa shape index (κ3) is 4.44. The van der Waals surface area contributed by atoms with Gasteiger partial charge in [0, 0.05) is 4.90 Å². The highest BCUT2D eigenvalue weighted by molar-refractivity contribution is 7.99. The molecule has 1 aromatic carbocycles. The molecule has 0 unspecified atom stereocenters. The fourth-order valence-corrected chi connectivity index (χ4v) is 1.85. The van der Waals surface area contributed by atoms with E-state index in [1.54, 1.807) is 24.3 Å². The summed E-state index contributed by atoms with van der Waals surface area (Å²) in [5, 5.41) is 2.87. The van der Waals surface area contributed by atoms with Crippen LogP contribution in [0.3, 0.4) is 0 Å². The minimum absolute atomic E-state index is 0.125. The van der Waals surface area contributed by atoms with Crippen molar-refractivity contribution in [2.24, 2.45) is 5.73 Å². The van der Waals surface area contributed by atoms with E-state index in [1.165, 1.54) is 0 Å². The average molecular weight is 248 g/mol. The quantitative estimate of drug-likeness (QED) is 0.634. The smallest absolute Gasteiger partial charge is 0.247 e. The normalized spacial score (nSPS) is 10.3. The van der Waals surface area contributed by atoms with Gasteiger partial charge in [0.1, 0.15) is 0 Å². The molecule has 0 aliphatic heterocycles. The van der Waals surface area contributed by atoms with Crippen LogP contribution in [-0.4, -0.2) is 17.3 Å². The lowest BCUT2D eigenvalue weighted by Crippen LogP contribution is -2.19. The van der Waals surface area contributed by atoms with Gasteiger partial charge in [-0.2, -0.15) is 0 Å². The third-order valence-corrected chi connectivity index (χ3v) is 2.70. The summed E-state index contributed by atoms with van der Waals surface area (Å²) in [5.74, 6) is -0.240. The number of halogens is 2. The maximum Gasteiger partial charge on any atom is 0.247 e. The van der Waals surface area contributed by atoms with Gasteiger partial charge in [0.05, 0.1) is 11.4 Å². The molecule has 0 fully saturated rings. The number of anilines is 1. The van der Waals surface area contributed by atoms with Crippen LogP contribution in [0.4, 0.5) is 14.5 Å². The van der Waals surface area contributed by atoms with Crippen molar-refractivity contribution in [2.75, 3.05) is 11.1 Å². The second-order valence-electron chi connectivity index (χ2n) is 2.69. The van der Waals surface area contributed by atoms with Crippen molar-refractivity contribution in [3.05, 3.63) is 24.3 Å². The van der Waals surface area contributed by atoms with E-state index in [0.717, 1.165) is 11.8 Å². The van der Waals surface area contributed by atoms with Crippen molar-refractivity contribution in [1.82, 2.24) is 0 Å². The Morgan fingerprint density at radius 1 is 1.47 bits per heavy atom. The lowest BCUT2D eigenvalue weighted by atomic mass is 10.3. The Bertz CT molecular complexity index is 345. The van der Waals surface area contributed by atoms with E-state index in [9.17, 15) is 8.78 Å². The monoisotopic (exact) mass is 248 g/mol. The van der Waals surface area contributed by atoms with Crippen LogP contribution in [0.2, 0.25) is 0 Å². The molecule has 1 aromatic rings. The molecule has 82 valence electrons. The fourth-order valence-electron chi connectivity index (χ4n) is 0.981. The molecule has 0 aliphatic rings. The predicted octanol–water partition coefficient (Wildman–Crippen LogP) is 2.70. The van der Waals surface area contributed by atoms with Gasteiger partial charge in [-0.1, -0.05) is 12.1 Å². The van der Waals surface area contributed by atoms with Crippen molar-refractivity contribution in [3.8, 4) is 0 Å². The van der Waals surface area contributed by atoms with Crippen LogP contribution in [-0.2, 0) is 0 Å². The van der Waals surface area contributed by atoms with Gasteiger partial charge in [-0.3, -0.25) is 0 Å². The van der Waals surface area contributed by atoms with Gasteiger partial charge in [0.2, 0.25) is 6.43 Å². The van der Waals surface area contributed by atoms with E-state index in [2.05, 4.69) is 17.5 Å². The molecule has 0 saturated carbocycles. The number of alkyl halides is 2. The Labute approximate surface area is 96.2 Å². The van der Waals surface area contributed by atoms with Gasteiger partial charge in [-0.25, -0.2) is 8.78 Å². The zero-order valence-electron chi connectivity index (χ0n) is 7.74. The van der Waals surface area contributed by atoms with Crippen molar-refractivity contribution >= 4 is 34.8 Å². The van der Waals surface area contributed by atoms with Gasteiger partial charge in [0.25, 0.3) is 0 Å². The Kier molecular flexibility index (Phi) is 4.77. The van der Waals surface area contributed by atoms with E-state index >= 15 is 0 Å².